The van der Waals surface area contributed by atoms with Gasteiger partial charge in [-0.2, -0.15) is 0 Å². The molecular formula is C19H18O3. The van der Waals surface area contributed by atoms with Gasteiger partial charge in [0.15, 0.2) is 5.60 Å². The highest BCUT2D eigenvalue weighted by Gasteiger charge is 2.32. The summed E-state index contributed by atoms with van der Waals surface area (Å²) in [6.45, 7) is 3.19. The van der Waals surface area contributed by atoms with Crippen LogP contribution in [0.4, 0.5) is 0 Å². The fraction of sp³-hybridized carbons (Fsp3) is 0.158. The summed E-state index contributed by atoms with van der Waals surface area (Å²) in [5.41, 5.74) is 0.207. The summed E-state index contributed by atoms with van der Waals surface area (Å²) in [5, 5.41) is 0. The van der Waals surface area contributed by atoms with Crippen molar-refractivity contribution in [3.8, 4) is 0 Å². The van der Waals surface area contributed by atoms with Crippen molar-refractivity contribution in [3.05, 3.63) is 77.9 Å². The molecule has 0 radical (unpaired) electrons. The summed E-state index contributed by atoms with van der Waals surface area (Å²) in [6.07, 6.45) is 2.99. The van der Waals surface area contributed by atoms with E-state index in [0.29, 0.717) is 5.56 Å². The lowest BCUT2D eigenvalue weighted by Gasteiger charge is -2.22. The number of hydrogen-bond donors (Lipinski definition) is 0. The van der Waals surface area contributed by atoms with Crippen LogP contribution >= 0.6 is 0 Å². The summed E-state index contributed by atoms with van der Waals surface area (Å²) < 4.78 is 5.30. The number of Topliss-reactive ketones (excluding diaryl/α,β-unsaturated/α-hetero) is 1. The quantitative estimate of drug-likeness (QED) is 0.477. The molecule has 2 aromatic carbocycles. The van der Waals surface area contributed by atoms with Crippen molar-refractivity contribution in [2.24, 2.45) is 0 Å². The summed E-state index contributed by atoms with van der Waals surface area (Å²) in [6, 6.07) is 18.2. The lowest BCUT2D eigenvalue weighted by atomic mass is 9.96. The van der Waals surface area contributed by atoms with Gasteiger partial charge < -0.3 is 4.74 Å². The molecule has 0 aliphatic carbocycles. The first-order valence-electron chi connectivity index (χ1n) is 7.05. The van der Waals surface area contributed by atoms with Crippen LogP contribution in [0.15, 0.2) is 66.7 Å². The molecule has 2 rings (SSSR count). The summed E-state index contributed by atoms with van der Waals surface area (Å²) in [5.74, 6) is -0.771. The Morgan fingerprint density at radius 3 is 2.05 bits per heavy atom. The Labute approximate surface area is 130 Å². The molecule has 3 heteroatoms. The average Bonchev–Trinajstić information content (AvgIpc) is 2.53. The molecule has 0 atom stereocenters. The number of ketones is 1. The van der Waals surface area contributed by atoms with Crippen LogP contribution in [-0.4, -0.2) is 17.4 Å². The van der Waals surface area contributed by atoms with Crippen molar-refractivity contribution >= 4 is 17.8 Å². The van der Waals surface area contributed by atoms with E-state index in [9.17, 15) is 9.59 Å². The molecule has 0 saturated carbocycles. The van der Waals surface area contributed by atoms with E-state index < -0.39 is 11.6 Å². The lowest BCUT2D eigenvalue weighted by molar-refractivity contribution is -0.146. The fourth-order valence-corrected chi connectivity index (χ4v) is 2.00. The molecule has 0 bridgehead atoms. The molecule has 0 saturated heterocycles. The normalized spacial score (nSPS) is 11.4. The van der Waals surface area contributed by atoms with E-state index in [1.807, 2.05) is 36.4 Å². The van der Waals surface area contributed by atoms with Crippen molar-refractivity contribution in [1.82, 2.24) is 0 Å². The maximum Gasteiger partial charge on any atom is 0.331 e. The van der Waals surface area contributed by atoms with E-state index in [2.05, 4.69) is 0 Å². The highest BCUT2D eigenvalue weighted by molar-refractivity contribution is 6.03. The molecule has 0 fully saturated rings. The van der Waals surface area contributed by atoms with Crippen molar-refractivity contribution < 1.29 is 14.3 Å². The topological polar surface area (TPSA) is 43.4 Å². The first-order valence-corrected chi connectivity index (χ1v) is 7.05. The van der Waals surface area contributed by atoms with Crippen LogP contribution in [0.1, 0.15) is 29.8 Å². The SMILES string of the molecule is CC(C)(OC(=O)/C=C/c1ccccc1)C(=O)c1ccccc1. The highest BCUT2D eigenvalue weighted by Crippen LogP contribution is 2.18. The van der Waals surface area contributed by atoms with E-state index in [0.717, 1.165) is 5.56 Å². The largest absolute Gasteiger partial charge is 0.448 e. The van der Waals surface area contributed by atoms with Gasteiger partial charge >= 0.3 is 5.97 Å². The first-order chi connectivity index (χ1) is 10.5. The first kappa shape index (κ1) is 15.7. The second-order valence-electron chi connectivity index (χ2n) is 5.37. The second-order valence-corrected chi connectivity index (χ2v) is 5.37. The third-order valence-electron chi connectivity index (χ3n) is 3.15. The Bertz CT molecular complexity index is 670. The third-order valence-corrected chi connectivity index (χ3v) is 3.15. The number of esters is 1. The molecular weight excluding hydrogens is 276 g/mol. The molecule has 0 heterocycles. The Morgan fingerprint density at radius 2 is 1.45 bits per heavy atom. The van der Waals surface area contributed by atoms with Crippen molar-refractivity contribution in [2.75, 3.05) is 0 Å². The molecule has 0 aromatic heterocycles. The molecule has 112 valence electrons. The van der Waals surface area contributed by atoms with Crippen LogP contribution in [0.5, 0.6) is 0 Å². The summed E-state index contributed by atoms with van der Waals surface area (Å²) in [7, 11) is 0. The molecule has 0 aliphatic rings. The second kappa shape index (κ2) is 6.85. The van der Waals surface area contributed by atoms with Crippen molar-refractivity contribution in [3.63, 3.8) is 0 Å². The van der Waals surface area contributed by atoms with Gasteiger partial charge in [0.25, 0.3) is 0 Å². The van der Waals surface area contributed by atoms with Crippen molar-refractivity contribution in [2.45, 2.75) is 19.4 Å². The zero-order valence-corrected chi connectivity index (χ0v) is 12.7. The van der Waals surface area contributed by atoms with Crippen LogP contribution in [0.25, 0.3) is 6.08 Å². The monoisotopic (exact) mass is 294 g/mol. The lowest BCUT2D eigenvalue weighted by Crippen LogP contribution is -2.36. The van der Waals surface area contributed by atoms with Gasteiger partial charge in [-0.25, -0.2) is 4.79 Å². The maximum atomic E-state index is 12.4. The van der Waals surface area contributed by atoms with E-state index in [1.54, 1.807) is 44.2 Å². The number of ether oxygens (including phenoxy) is 1. The number of carbonyl (C=O) groups excluding carboxylic acids is 2. The van der Waals surface area contributed by atoms with E-state index >= 15 is 0 Å². The van der Waals surface area contributed by atoms with Crippen LogP contribution in [0, 0.1) is 0 Å². The van der Waals surface area contributed by atoms with Crippen LogP contribution in [0.3, 0.4) is 0 Å². The van der Waals surface area contributed by atoms with Gasteiger partial charge in [0, 0.05) is 11.6 Å². The highest BCUT2D eigenvalue weighted by atomic mass is 16.6. The number of benzene rings is 2. The van der Waals surface area contributed by atoms with Gasteiger partial charge in [-0.3, -0.25) is 4.79 Å². The molecule has 0 unspecified atom stereocenters. The summed E-state index contributed by atoms with van der Waals surface area (Å²) >= 11 is 0. The Kier molecular flexibility index (Phi) is 4.89. The van der Waals surface area contributed by atoms with Gasteiger partial charge in [0.2, 0.25) is 5.78 Å². The molecule has 0 spiro atoms. The Balaban J connectivity index is 2.03. The van der Waals surface area contributed by atoms with Gasteiger partial charge in [0.05, 0.1) is 0 Å². The number of carbonyl (C=O) groups is 2. The van der Waals surface area contributed by atoms with Crippen LogP contribution < -0.4 is 0 Å². The molecule has 22 heavy (non-hydrogen) atoms. The fourth-order valence-electron chi connectivity index (χ4n) is 2.00. The van der Waals surface area contributed by atoms with Crippen LogP contribution in [-0.2, 0) is 9.53 Å². The minimum atomic E-state index is -1.21. The van der Waals surface area contributed by atoms with Gasteiger partial charge in [-0.05, 0) is 25.5 Å². The maximum absolute atomic E-state index is 12.4. The molecule has 2 aromatic rings. The Hall–Kier alpha value is -2.68. The van der Waals surface area contributed by atoms with Crippen molar-refractivity contribution in [1.29, 1.82) is 0 Å². The zero-order valence-electron chi connectivity index (χ0n) is 12.7. The predicted octanol–water partition coefficient (Wildman–Crippen LogP) is 3.90. The number of hydrogen-bond acceptors (Lipinski definition) is 3. The van der Waals surface area contributed by atoms with Gasteiger partial charge in [-0.15, -0.1) is 0 Å². The van der Waals surface area contributed by atoms with Gasteiger partial charge in [0.1, 0.15) is 0 Å². The number of rotatable bonds is 5. The Morgan fingerprint density at radius 1 is 0.909 bits per heavy atom. The molecule has 0 aliphatic heterocycles. The standard InChI is InChI=1S/C19H18O3/c1-19(2,18(21)16-11-7-4-8-12-16)22-17(20)14-13-15-9-5-3-6-10-15/h3-14H,1-2H3/b14-13+. The zero-order chi connectivity index (χ0) is 16.0. The van der Waals surface area contributed by atoms with E-state index in [4.69, 9.17) is 4.74 Å². The predicted molar refractivity (Wildman–Crippen MR) is 86.4 cm³/mol. The average molecular weight is 294 g/mol. The molecule has 0 N–H and O–H groups in total. The summed E-state index contributed by atoms with van der Waals surface area (Å²) in [4.78, 5) is 24.3. The van der Waals surface area contributed by atoms with Gasteiger partial charge in [-0.1, -0.05) is 60.7 Å². The molecule has 0 amide bonds. The van der Waals surface area contributed by atoms with E-state index in [-0.39, 0.29) is 5.78 Å². The minimum Gasteiger partial charge on any atom is -0.448 e. The third kappa shape index (κ3) is 4.16. The minimum absolute atomic E-state index is 0.227. The smallest absolute Gasteiger partial charge is 0.331 e. The van der Waals surface area contributed by atoms with Crippen LogP contribution in [0.2, 0.25) is 0 Å². The van der Waals surface area contributed by atoms with E-state index in [1.165, 1.54) is 6.08 Å². The molecule has 3 nitrogen and oxygen atoms in total.